The molecule has 39 heavy (non-hydrogen) atoms. The molecule has 1 saturated heterocycles. The van der Waals surface area contributed by atoms with E-state index in [9.17, 15) is 13.2 Å². The first-order chi connectivity index (χ1) is 18.9. The van der Waals surface area contributed by atoms with E-state index in [0.29, 0.717) is 66.8 Å². The Morgan fingerprint density at radius 3 is 2.51 bits per heavy atom. The third-order valence-corrected chi connectivity index (χ3v) is 7.11. The zero-order valence-corrected chi connectivity index (χ0v) is 22.4. The van der Waals surface area contributed by atoms with Crippen molar-refractivity contribution < 1.29 is 27.4 Å². The van der Waals surface area contributed by atoms with E-state index >= 15 is 0 Å². The molecule has 3 aromatic heterocycles. The molecule has 208 valence electrons. The number of anilines is 3. The molecule has 14 heteroatoms. The van der Waals surface area contributed by atoms with E-state index < -0.39 is 10.0 Å². The zero-order valence-electron chi connectivity index (χ0n) is 21.6. The highest BCUT2D eigenvalue weighted by Gasteiger charge is 2.25. The molecular formula is C25H31N7O6S. The number of fused-ring (bicyclic) bond motifs is 1. The summed E-state index contributed by atoms with van der Waals surface area (Å²) < 4.78 is 43.2. The van der Waals surface area contributed by atoms with E-state index in [0.717, 1.165) is 37.8 Å². The second-order valence-corrected chi connectivity index (χ2v) is 11.3. The van der Waals surface area contributed by atoms with E-state index in [2.05, 4.69) is 29.9 Å². The highest BCUT2D eigenvalue weighted by molar-refractivity contribution is 7.92. The maximum absolute atomic E-state index is 11.8. The number of carbonyl (C=O) groups is 1. The van der Waals surface area contributed by atoms with E-state index in [-0.39, 0.29) is 18.8 Å². The van der Waals surface area contributed by atoms with Crippen LogP contribution in [0, 0.1) is 0 Å². The average Bonchev–Trinajstić information content (AvgIpc) is 2.93. The van der Waals surface area contributed by atoms with Crippen molar-refractivity contribution >= 4 is 44.7 Å². The van der Waals surface area contributed by atoms with Crippen LogP contribution in [-0.4, -0.2) is 86.0 Å². The molecule has 0 aromatic carbocycles. The fraction of sp³-hybridized carbons (Fsp3) is 0.480. The Bertz CT molecular complexity index is 1390. The van der Waals surface area contributed by atoms with Gasteiger partial charge in [-0.3, -0.25) is 14.5 Å². The zero-order chi connectivity index (χ0) is 27.2. The van der Waals surface area contributed by atoms with Crippen LogP contribution >= 0.6 is 0 Å². The fourth-order valence-corrected chi connectivity index (χ4v) is 5.20. The second-order valence-electron chi connectivity index (χ2n) is 9.51. The number of aldehydes is 1. The summed E-state index contributed by atoms with van der Waals surface area (Å²) >= 11 is 0. The molecule has 0 unspecified atom stereocenters. The molecule has 5 rings (SSSR count). The number of pyridine rings is 2. The largest absolute Gasteiger partial charge is 0.483 e. The van der Waals surface area contributed by atoms with Crippen LogP contribution in [0.1, 0.15) is 25.7 Å². The number of carbonyl (C=O) groups excluding carboxylic acids is 1. The number of rotatable bonds is 10. The van der Waals surface area contributed by atoms with Crippen LogP contribution in [-0.2, 0) is 19.6 Å². The minimum absolute atomic E-state index is 0.0365. The van der Waals surface area contributed by atoms with Crippen molar-refractivity contribution in [3.63, 3.8) is 0 Å². The summed E-state index contributed by atoms with van der Waals surface area (Å²) in [4.78, 5) is 30.4. The predicted molar refractivity (Wildman–Crippen MR) is 145 cm³/mol. The number of sulfonamides is 1. The Morgan fingerprint density at radius 1 is 1.08 bits per heavy atom. The summed E-state index contributed by atoms with van der Waals surface area (Å²) in [6, 6.07) is 3.79. The normalized spacial score (nSPS) is 19.9. The summed E-state index contributed by atoms with van der Waals surface area (Å²) in [5, 5.41) is 3.99. The topological polar surface area (TPSA) is 158 Å². The minimum atomic E-state index is -3.46. The average molecular weight is 558 g/mol. The number of aromatic nitrogens is 4. The van der Waals surface area contributed by atoms with Gasteiger partial charge in [-0.25, -0.2) is 18.4 Å². The summed E-state index contributed by atoms with van der Waals surface area (Å²) in [6.45, 7) is 2.64. The molecule has 0 bridgehead atoms. The number of nitrogens with zero attached hydrogens (tertiary/aromatic N) is 5. The van der Waals surface area contributed by atoms with Gasteiger partial charge in [0.25, 0.3) is 0 Å². The number of hydrogen-bond acceptors (Lipinski definition) is 12. The van der Waals surface area contributed by atoms with Gasteiger partial charge in [0.05, 0.1) is 54.7 Å². The lowest BCUT2D eigenvalue weighted by molar-refractivity contribution is -0.109. The van der Waals surface area contributed by atoms with Gasteiger partial charge < -0.3 is 24.4 Å². The standard InChI is InChI=1S/C25H31N7O6S/c1-39(34,35)31-18-12-21-22(26-14-18)13-23(32-6-9-36-10-7-32)30-24(21)38-19-4-2-17(3-5-19)29-25-27-15-20(16-28-25)37-11-8-33/h8,12-17,19,31H,2-7,9-11H2,1H3,(H,27,28,29). The Morgan fingerprint density at radius 2 is 1.82 bits per heavy atom. The van der Waals surface area contributed by atoms with Crippen LogP contribution in [0.5, 0.6) is 11.6 Å². The van der Waals surface area contributed by atoms with Crippen molar-refractivity contribution in [1.82, 2.24) is 19.9 Å². The third-order valence-electron chi connectivity index (χ3n) is 6.50. The summed E-state index contributed by atoms with van der Waals surface area (Å²) in [6.07, 6.45) is 9.54. The summed E-state index contributed by atoms with van der Waals surface area (Å²) in [5.41, 5.74) is 1.03. The molecule has 0 spiro atoms. The molecule has 1 aliphatic heterocycles. The molecule has 4 heterocycles. The van der Waals surface area contributed by atoms with Gasteiger partial charge in [-0.05, 0) is 31.7 Å². The van der Waals surface area contributed by atoms with Gasteiger partial charge in [-0.15, -0.1) is 0 Å². The van der Waals surface area contributed by atoms with Gasteiger partial charge >= 0.3 is 0 Å². The molecule has 2 N–H and O–H groups in total. The molecule has 2 aliphatic rings. The molecule has 1 aliphatic carbocycles. The van der Waals surface area contributed by atoms with Crippen molar-refractivity contribution in [2.75, 3.05) is 54.1 Å². The Kier molecular flexibility index (Phi) is 8.21. The lowest BCUT2D eigenvalue weighted by Gasteiger charge is -2.31. The molecule has 0 radical (unpaired) electrons. The first kappa shape index (κ1) is 26.8. The first-order valence-electron chi connectivity index (χ1n) is 12.8. The van der Waals surface area contributed by atoms with Crippen molar-refractivity contribution in [2.24, 2.45) is 0 Å². The monoisotopic (exact) mass is 557 g/mol. The van der Waals surface area contributed by atoms with Crippen LogP contribution < -0.4 is 24.4 Å². The number of morpholine rings is 1. The summed E-state index contributed by atoms with van der Waals surface area (Å²) in [7, 11) is -3.46. The number of nitrogens with one attached hydrogen (secondary N) is 2. The molecule has 0 atom stereocenters. The van der Waals surface area contributed by atoms with E-state index in [4.69, 9.17) is 19.2 Å². The van der Waals surface area contributed by atoms with Crippen LogP contribution in [0.2, 0.25) is 0 Å². The minimum Gasteiger partial charge on any atom is -0.483 e. The fourth-order valence-electron chi connectivity index (χ4n) is 4.66. The lowest BCUT2D eigenvalue weighted by Crippen LogP contribution is -2.37. The van der Waals surface area contributed by atoms with Crippen LogP contribution in [0.15, 0.2) is 30.7 Å². The third kappa shape index (κ3) is 7.20. The highest BCUT2D eigenvalue weighted by atomic mass is 32.2. The van der Waals surface area contributed by atoms with Gasteiger partial charge in [0.15, 0.2) is 12.0 Å². The maximum Gasteiger partial charge on any atom is 0.229 e. The first-order valence-corrected chi connectivity index (χ1v) is 14.7. The Balaban J connectivity index is 1.29. The van der Waals surface area contributed by atoms with E-state index in [1.54, 1.807) is 6.07 Å². The van der Waals surface area contributed by atoms with Gasteiger partial charge in [0.2, 0.25) is 21.9 Å². The van der Waals surface area contributed by atoms with E-state index in [1.165, 1.54) is 18.6 Å². The SMILES string of the molecule is CS(=O)(=O)Nc1cnc2cc(N3CCOCC3)nc(OC3CCC(Nc4ncc(OCC=O)cn4)CC3)c2c1. The van der Waals surface area contributed by atoms with Crippen LogP contribution in [0.4, 0.5) is 17.5 Å². The summed E-state index contributed by atoms with van der Waals surface area (Å²) in [5.74, 6) is 2.13. The van der Waals surface area contributed by atoms with Gasteiger partial charge in [-0.2, -0.15) is 4.98 Å². The van der Waals surface area contributed by atoms with Gasteiger partial charge in [-0.1, -0.05) is 0 Å². The van der Waals surface area contributed by atoms with Crippen molar-refractivity contribution in [3.8, 4) is 11.6 Å². The molecule has 3 aromatic rings. The molecule has 0 amide bonds. The molecule has 1 saturated carbocycles. The van der Waals surface area contributed by atoms with Crippen LogP contribution in [0.3, 0.4) is 0 Å². The van der Waals surface area contributed by atoms with Crippen molar-refractivity contribution in [1.29, 1.82) is 0 Å². The van der Waals surface area contributed by atoms with Gasteiger partial charge in [0.1, 0.15) is 18.5 Å². The Hall–Kier alpha value is -3.78. The number of ether oxygens (including phenoxy) is 3. The highest BCUT2D eigenvalue weighted by Crippen LogP contribution is 2.33. The van der Waals surface area contributed by atoms with Crippen LogP contribution in [0.25, 0.3) is 10.9 Å². The van der Waals surface area contributed by atoms with Gasteiger partial charge in [0, 0.05) is 25.2 Å². The van der Waals surface area contributed by atoms with Crippen molar-refractivity contribution in [3.05, 3.63) is 30.7 Å². The lowest BCUT2D eigenvalue weighted by atomic mass is 9.93. The van der Waals surface area contributed by atoms with E-state index in [1.807, 2.05) is 6.07 Å². The Labute approximate surface area is 226 Å². The van der Waals surface area contributed by atoms with Crippen molar-refractivity contribution in [2.45, 2.75) is 37.8 Å². The molecule has 13 nitrogen and oxygen atoms in total. The quantitative estimate of drug-likeness (QED) is 0.350. The molecular weight excluding hydrogens is 526 g/mol. The number of hydrogen-bond donors (Lipinski definition) is 2. The maximum atomic E-state index is 11.8. The second kappa shape index (κ2) is 11.9. The predicted octanol–water partition coefficient (Wildman–Crippen LogP) is 2.01. The molecule has 2 fully saturated rings. The smallest absolute Gasteiger partial charge is 0.229 e.